The third-order valence-electron chi connectivity index (χ3n) is 3.63. The highest BCUT2D eigenvalue weighted by Gasteiger charge is 2.21. The van der Waals surface area contributed by atoms with Crippen molar-refractivity contribution in [2.45, 2.75) is 0 Å². The highest BCUT2D eigenvalue weighted by atomic mass is 79.9. The van der Waals surface area contributed by atoms with Gasteiger partial charge < -0.3 is 9.47 Å². The van der Waals surface area contributed by atoms with Crippen LogP contribution in [0.15, 0.2) is 46.9 Å². The molecule has 0 aliphatic heterocycles. The SMILES string of the molecule is COc1cc2cc([N+](=O)[O-])c(-c3ccccc3Br)nc2cc1OC. The maximum atomic E-state index is 11.5. The Balaban J connectivity index is 2.34. The van der Waals surface area contributed by atoms with Gasteiger partial charge in [-0.15, -0.1) is 0 Å². The predicted octanol–water partition coefficient (Wildman–Crippen LogP) is 4.59. The normalized spacial score (nSPS) is 10.6. The van der Waals surface area contributed by atoms with Gasteiger partial charge in [-0.2, -0.15) is 0 Å². The van der Waals surface area contributed by atoms with Gasteiger partial charge in [0, 0.05) is 27.6 Å². The number of halogens is 1. The van der Waals surface area contributed by atoms with Gasteiger partial charge in [-0.05, 0) is 12.1 Å². The first-order chi connectivity index (χ1) is 11.5. The van der Waals surface area contributed by atoms with Gasteiger partial charge in [0.25, 0.3) is 5.69 Å². The molecular weight excluding hydrogens is 376 g/mol. The average molecular weight is 389 g/mol. The van der Waals surface area contributed by atoms with Crippen LogP contribution in [-0.2, 0) is 0 Å². The predicted molar refractivity (Wildman–Crippen MR) is 94.6 cm³/mol. The molecule has 1 aromatic heterocycles. The third kappa shape index (κ3) is 2.78. The summed E-state index contributed by atoms with van der Waals surface area (Å²) in [5, 5.41) is 12.1. The zero-order valence-electron chi connectivity index (χ0n) is 12.9. The number of methoxy groups -OCH3 is 2. The first-order valence-corrected chi connectivity index (χ1v) is 7.80. The van der Waals surface area contributed by atoms with Crippen molar-refractivity contribution in [3.8, 4) is 22.8 Å². The molecule has 0 spiro atoms. The molecule has 3 aromatic rings. The largest absolute Gasteiger partial charge is 0.493 e. The Hall–Kier alpha value is -2.67. The molecule has 6 nitrogen and oxygen atoms in total. The number of rotatable bonds is 4. The van der Waals surface area contributed by atoms with Crippen LogP contribution in [0, 0.1) is 10.1 Å². The molecule has 7 heteroatoms. The lowest BCUT2D eigenvalue weighted by molar-refractivity contribution is -0.384. The first-order valence-electron chi connectivity index (χ1n) is 7.01. The number of hydrogen-bond acceptors (Lipinski definition) is 5. The number of fused-ring (bicyclic) bond motifs is 1. The van der Waals surface area contributed by atoms with Crippen LogP contribution in [0.4, 0.5) is 5.69 Å². The first kappa shape index (κ1) is 16.2. The highest BCUT2D eigenvalue weighted by molar-refractivity contribution is 9.10. The summed E-state index contributed by atoms with van der Waals surface area (Å²) in [6.45, 7) is 0. The molecule has 0 unspecified atom stereocenters. The lowest BCUT2D eigenvalue weighted by Gasteiger charge is -2.11. The van der Waals surface area contributed by atoms with Crippen LogP contribution in [0.2, 0.25) is 0 Å². The van der Waals surface area contributed by atoms with E-state index in [-0.39, 0.29) is 5.69 Å². The number of nitrogens with zero attached hydrogens (tertiary/aromatic N) is 2. The van der Waals surface area contributed by atoms with Crippen LogP contribution in [0.1, 0.15) is 0 Å². The van der Waals surface area contributed by atoms with Crippen molar-refractivity contribution in [2.75, 3.05) is 14.2 Å². The minimum atomic E-state index is -0.433. The molecular formula is C17H13BrN2O4. The van der Waals surface area contributed by atoms with E-state index in [1.165, 1.54) is 20.3 Å². The molecule has 24 heavy (non-hydrogen) atoms. The van der Waals surface area contributed by atoms with Crippen molar-refractivity contribution >= 4 is 32.5 Å². The van der Waals surface area contributed by atoms with Crippen LogP contribution < -0.4 is 9.47 Å². The molecule has 0 radical (unpaired) electrons. The van der Waals surface area contributed by atoms with Crippen LogP contribution >= 0.6 is 15.9 Å². The van der Waals surface area contributed by atoms with Crippen LogP contribution in [0.5, 0.6) is 11.5 Å². The van der Waals surface area contributed by atoms with E-state index < -0.39 is 4.92 Å². The fourth-order valence-electron chi connectivity index (χ4n) is 2.48. The highest BCUT2D eigenvalue weighted by Crippen LogP contribution is 2.38. The molecule has 0 saturated heterocycles. The minimum absolute atomic E-state index is 0.0679. The lowest BCUT2D eigenvalue weighted by Crippen LogP contribution is -1.98. The van der Waals surface area contributed by atoms with Gasteiger partial charge in [0.05, 0.1) is 24.7 Å². The number of aromatic nitrogens is 1. The molecule has 0 amide bonds. The molecule has 0 atom stereocenters. The van der Waals surface area contributed by atoms with Gasteiger partial charge in [0.2, 0.25) is 0 Å². The van der Waals surface area contributed by atoms with Gasteiger partial charge in [0.15, 0.2) is 11.5 Å². The number of benzene rings is 2. The summed E-state index contributed by atoms with van der Waals surface area (Å²) in [4.78, 5) is 15.6. The average Bonchev–Trinajstić information content (AvgIpc) is 2.59. The zero-order valence-corrected chi connectivity index (χ0v) is 14.5. The van der Waals surface area contributed by atoms with Gasteiger partial charge in [0.1, 0.15) is 5.69 Å². The molecule has 0 aliphatic carbocycles. The Kier molecular flexibility index (Phi) is 4.35. The Bertz CT molecular complexity index is 943. The summed E-state index contributed by atoms with van der Waals surface area (Å²) < 4.78 is 11.3. The van der Waals surface area contributed by atoms with Crippen molar-refractivity contribution in [1.82, 2.24) is 4.98 Å². The molecule has 2 aromatic carbocycles. The Morgan fingerprint density at radius 3 is 2.38 bits per heavy atom. The molecule has 0 aliphatic rings. The smallest absolute Gasteiger partial charge is 0.296 e. The van der Waals surface area contributed by atoms with Crippen LogP contribution in [0.25, 0.3) is 22.2 Å². The molecule has 0 saturated carbocycles. The molecule has 1 heterocycles. The second kappa shape index (κ2) is 6.45. The summed E-state index contributed by atoms with van der Waals surface area (Å²) in [5.41, 5.74) is 1.47. The Morgan fingerprint density at radius 2 is 1.75 bits per heavy atom. The van der Waals surface area contributed by atoms with Gasteiger partial charge in [-0.25, -0.2) is 4.98 Å². The lowest BCUT2D eigenvalue weighted by atomic mass is 10.1. The van der Waals surface area contributed by atoms with Crippen molar-refractivity contribution in [1.29, 1.82) is 0 Å². The minimum Gasteiger partial charge on any atom is -0.493 e. The number of nitro groups is 1. The van der Waals surface area contributed by atoms with Gasteiger partial charge in [-0.3, -0.25) is 10.1 Å². The third-order valence-corrected chi connectivity index (χ3v) is 4.32. The van der Waals surface area contributed by atoms with Gasteiger partial charge >= 0.3 is 0 Å². The molecule has 0 bridgehead atoms. The standard InChI is InChI=1S/C17H13BrN2O4/c1-23-15-8-10-7-14(20(21)22)17(11-5-3-4-6-12(11)18)19-13(10)9-16(15)24-2/h3-9H,1-2H3. The van der Waals surface area contributed by atoms with Gasteiger partial charge in [-0.1, -0.05) is 34.1 Å². The van der Waals surface area contributed by atoms with Crippen molar-refractivity contribution < 1.29 is 14.4 Å². The van der Waals surface area contributed by atoms with Crippen molar-refractivity contribution in [2.24, 2.45) is 0 Å². The van der Waals surface area contributed by atoms with E-state index in [4.69, 9.17) is 9.47 Å². The van der Waals surface area contributed by atoms with Crippen LogP contribution in [-0.4, -0.2) is 24.1 Å². The van der Waals surface area contributed by atoms with E-state index in [2.05, 4.69) is 20.9 Å². The second-order valence-corrected chi connectivity index (χ2v) is 5.85. The fourth-order valence-corrected chi connectivity index (χ4v) is 2.95. The van der Waals surface area contributed by atoms with Crippen molar-refractivity contribution in [3.63, 3.8) is 0 Å². The molecule has 0 N–H and O–H groups in total. The van der Waals surface area contributed by atoms with E-state index in [0.29, 0.717) is 33.7 Å². The topological polar surface area (TPSA) is 74.5 Å². The quantitative estimate of drug-likeness (QED) is 0.482. The Morgan fingerprint density at radius 1 is 1.08 bits per heavy atom. The monoisotopic (exact) mass is 388 g/mol. The number of hydrogen-bond donors (Lipinski definition) is 0. The van der Waals surface area contributed by atoms with E-state index in [1.54, 1.807) is 18.2 Å². The number of ether oxygens (including phenoxy) is 2. The maximum absolute atomic E-state index is 11.5. The van der Waals surface area contributed by atoms with E-state index in [9.17, 15) is 10.1 Å². The summed E-state index contributed by atoms with van der Waals surface area (Å²) in [6, 6.07) is 12.1. The fraction of sp³-hybridized carbons (Fsp3) is 0.118. The summed E-state index contributed by atoms with van der Waals surface area (Å²) in [6.07, 6.45) is 0. The molecule has 3 rings (SSSR count). The van der Waals surface area contributed by atoms with E-state index in [0.717, 1.165) is 4.47 Å². The summed E-state index contributed by atoms with van der Waals surface area (Å²) >= 11 is 3.42. The van der Waals surface area contributed by atoms with E-state index >= 15 is 0 Å². The second-order valence-electron chi connectivity index (χ2n) is 4.99. The van der Waals surface area contributed by atoms with E-state index in [1.807, 2.05) is 18.2 Å². The Labute approximate surface area is 146 Å². The summed E-state index contributed by atoms with van der Waals surface area (Å²) in [7, 11) is 3.05. The molecule has 0 fully saturated rings. The maximum Gasteiger partial charge on any atom is 0.296 e. The zero-order chi connectivity index (χ0) is 17.3. The summed E-state index contributed by atoms with van der Waals surface area (Å²) in [5.74, 6) is 1.01. The van der Waals surface area contributed by atoms with Crippen LogP contribution in [0.3, 0.4) is 0 Å². The molecule has 122 valence electrons. The van der Waals surface area contributed by atoms with Crippen molar-refractivity contribution in [3.05, 3.63) is 57.1 Å². The number of pyridine rings is 1.